The number of fused-ring (bicyclic) bond motifs is 15. The van der Waals surface area contributed by atoms with E-state index in [1.165, 1.54) is 72.8 Å². The molecule has 0 bridgehead atoms. The first-order valence-electron chi connectivity index (χ1n) is 31.0. The summed E-state index contributed by atoms with van der Waals surface area (Å²) in [7, 11) is -12.4. The molecule has 0 spiro atoms. The Morgan fingerprint density at radius 3 is 1.07 bits per heavy atom. The summed E-state index contributed by atoms with van der Waals surface area (Å²) < 4.78 is 205. The Morgan fingerprint density at radius 1 is 0.424 bits per heavy atom. The highest BCUT2D eigenvalue weighted by molar-refractivity contribution is 7.93. The molecule has 0 radical (unpaired) electrons. The summed E-state index contributed by atoms with van der Waals surface area (Å²) in [5.41, 5.74) is -0.560. The van der Waals surface area contributed by atoms with E-state index in [2.05, 4.69) is 6.92 Å². The minimum Gasteiger partial charge on any atom is -0.490 e. The normalized spacial score (nSPS) is 33.0. The van der Waals surface area contributed by atoms with Crippen LogP contribution in [0.5, 0.6) is 17.2 Å². The fraction of sp³-hybridized carbons (Fsp3) is 0.471. The van der Waals surface area contributed by atoms with E-state index in [1.807, 2.05) is 20.8 Å². The predicted octanol–water partition coefficient (Wildman–Crippen LogP) is 15.3. The van der Waals surface area contributed by atoms with Gasteiger partial charge < -0.3 is 28.4 Å². The van der Waals surface area contributed by atoms with Crippen LogP contribution in [0.25, 0.3) is 0 Å². The molecule has 16 atom stereocenters. The lowest BCUT2D eigenvalue weighted by Gasteiger charge is -2.52. The molecule has 92 heavy (non-hydrogen) atoms. The average Bonchev–Trinajstić information content (AvgIpc) is 1.03. The quantitative estimate of drug-likeness (QED) is 0.140. The Balaban J connectivity index is 0.000000126. The van der Waals surface area contributed by atoms with Gasteiger partial charge in [-0.1, -0.05) is 48.1 Å². The lowest BCUT2D eigenvalue weighted by molar-refractivity contribution is -0.0179. The molecular weight excluding hydrogens is 1330 g/mol. The van der Waals surface area contributed by atoms with Crippen molar-refractivity contribution < 1.29 is 80.0 Å². The maximum atomic E-state index is 15.4. The van der Waals surface area contributed by atoms with Gasteiger partial charge in [-0.3, -0.25) is 0 Å². The fourth-order valence-corrected chi connectivity index (χ4v) is 25.4. The number of hydrogen-bond donors (Lipinski definition) is 0. The van der Waals surface area contributed by atoms with E-state index in [4.69, 9.17) is 63.2 Å². The third kappa shape index (κ3) is 10.0. The van der Waals surface area contributed by atoms with Gasteiger partial charge in [-0.25, -0.2) is 51.6 Å². The zero-order valence-electron chi connectivity index (χ0n) is 50.4. The van der Waals surface area contributed by atoms with Crippen molar-refractivity contribution in [1.82, 2.24) is 0 Å². The van der Waals surface area contributed by atoms with Gasteiger partial charge in [0, 0.05) is 32.8 Å². The largest absolute Gasteiger partial charge is 0.490 e. The topological polar surface area (TPSA) is 158 Å². The van der Waals surface area contributed by atoms with Crippen LogP contribution < -0.4 is 14.2 Å². The van der Waals surface area contributed by atoms with Crippen molar-refractivity contribution in [2.24, 2.45) is 41.4 Å². The number of hydrogen-bond acceptors (Lipinski definition) is 12. The number of halogens is 9. The molecule has 0 N–H and O–H groups in total. The molecule has 6 heterocycles. The van der Waals surface area contributed by atoms with E-state index in [0.29, 0.717) is 47.2 Å². The first kappa shape index (κ1) is 65.6. The van der Waals surface area contributed by atoms with Crippen LogP contribution in [0.1, 0.15) is 102 Å². The summed E-state index contributed by atoms with van der Waals surface area (Å²) >= 11 is 17.9. The third-order valence-corrected chi connectivity index (χ3v) is 30.0. The highest BCUT2D eigenvalue weighted by Gasteiger charge is 2.68. The second kappa shape index (κ2) is 24.2. The van der Waals surface area contributed by atoms with Gasteiger partial charge in [0.1, 0.15) is 31.7 Å². The molecule has 3 saturated heterocycles. The molecular formula is C68H67Cl3F6O12S3. The fourth-order valence-electron chi connectivity index (χ4n) is 17.8. The second-order valence-corrected chi connectivity index (χ2v) is 33.8. The van der Waals surface area contributed by atoms with Gasteiger partial charge in [0.2, 0.25) is 0 Å². The molecule has 3 aliphatic carbocycles. The molecule has 24 heteroatoms. The van der Waals surface area contributed by atoms with Crippen molar-refractivity contribution in [3.05, 3.63) is 176 Å². The van der Waals surface area contributed by atoms with Gasteiger partial charge in [-0.15, -0.1) is 0 Å². The van der Waals surface area contributed by atoms with Crippen LogP contribution in [0.4, 0.5) is 26.3 Å². The summed E-state index contributed by atoms with van der Waals surface area (Å²) in [4.78, 5) is 0.125. The Kier molecular flexibility index (Phi) is 17.3. The molecule has 1 unspecified atom stereocenters. The van der Waals surface area contributed by atoms with Gasteiger partial charge in [0.25, 0.3) is 0 Å². The first-order valence-corrected chi connectivity index (χ1v) is 36.6. The minimum absolute atomic E-state index is 0.00254. The molecule has 6 aromatic carbocycles. The van der Waals surface area contributed by atoms with Crippen molar-refractivity contribution in [1.29, 1.82) is 0 Å². The zero-order valence-corrected chi connectivity index (χ0v) is 55.1. The molecule has 6 aliphatic heterocycles. The van der Waals surface area contributed by atoms with Crippen LogP contribution >= 0.6 is 34.8 Å². The van der Waals surface area contributed by atoms with Gasteiger partial charge in [0.05, 0.1) is 87.8 Å². The average molecular weight is 1390 g/mol. The summed E-state index contributed by atoms with van der Waals surface area (Å²) in [6, 6.07) is 23.5. The van der Waals surface area contributed by atoms with E-state index in [-0.39, 0.29) is 148 Å². The van der Waals surface area contributed by atoms with Gasteiger partial charge in [-0.2, -0.15) is 0 Å². The van der Waals surface area contributed by atoms with Gasteiger partial charge >= 0.3 is 0 Å². The second-order valence-electron chi connectivity index (χ2n) is 25.9. The molecule has 6 fully saturated rings. The molecule has 12 nitrogen and oxygen atoms in total. The molecule has 0 amide bonds. The zero-order chi connectivity index (χ0) is 65.4. The van der Waals surface area contributed by atoms with Crippen LogP contribution in [0.3, 0.4) is 0 Å². The van der Waals surface area contributed by atoms with E-state index in [1.54, 1.807) is 0 Å². The van der Waals surface area contributed by atoms with Gasteiger partial charge in [0.15, 0.2) is 64.2 Å². The summed E-state index contributed by atoms with van der Waals surface area (Å²) in [5.74, 6) is -7.39. The maximum absolute atomic E-state index is 15.4. The van der Waals surface area contributed by atoms with Crippen LogP contribution in [0.2, 0.25) is 15.1 Å². The van der Waals surface area contributed by atoms with E-state index in [9.17, 15) is 38.4 Å². The summed E-state index contributed by atoms with van der Waals surface area (Å²) in [6.07, 6.45) is 3.43. The molecule has 492 valence electrons. The summed E-state index contributed by atoms with van der Waals surface area (Å²) in [6.45, 7) is 7.94. The summed E-state index contributed by atoms with van der Waals surface area (Å²) in [5, 5.41) is 1.19. The monoisotopic (exact) mass is 1390 g/mol. The standard InChI is InChI=1S/C24H25ClF2O4S.2C22H21ClF2O4S/c1-3-16-13(2)31-20-10-11-24(32(28,29)15-6-4-14(25)5-7-15)17(21(16)20)12-30-23-19(27)9-8-18(26)22(23)24;2*1-12-10-15-16-11-28-21-18(25)7-6-17(24)20(21)22(16,9-8-19(15)29-12)30(26,27)14-4-2-13(23)3-5-14/h4-9,13,16-17,20-21H,3,10-12H2,1-2H3;2*2-7,12,15-16,19H,8-11H2,1H3/t13?,16-,17-,20+,21-,24-;2*12-,15+,16+,19-,22+/m011/s1. The van der Waals surface area contributed by atoms with E-state index in [0.717, 1.165) is 42.8 Å². The van der Waals surface area contributed by atoms with Crippen LogP contribution in [-0.2, 0) is 58.0 Å². The highest BCUT2D eigenvalue weighted by atomic mass is 35.5. The lowest BCUT2D eigenvalue weighted by atomic mass is 9.62. The van der Waals surface area contributed by atoms with Crippen LogP contribution in [0.15, 0.2) is 124 Å². The Hall–Kier alpha value is -5.10. The third-order valence-electron chi connectivity index (χ3n) is 21.5. The SMILES string of the molecule is CC[C@H]1C(C)O[C@@H]2CC[C@@]3(S(=O)(=O)c4ccc(Cl)cc4)c4c(F)ccc(F)c4OC[C@H]3[C@@H]21.C[C@@H]1C[C@@H]2[C@@H](CC[C@@]3(S(=O)(=O)c4ccc(Cl)cc4)c4c(F)ccc(F)c4OC[C@@H]23)O1.C[C@@H]1C[C@@H]2[C@@H](CC[C@@]3(S(=O)(=O)c4ccc(Cl)cc4)c4c(F)ccc(F)c4OC[C@@H]23)O1. The number of rotatable bonds is 7. The highest BCUT2D eigenvalue weighted by Crippen LogP contribution is 2.65. The van der Waals surface area contributed by atoms with E-state index >= 15 is 13.2 Å². The predicted molar refractivity (Wildman–Crippen MR) is 331 cm³/mol. The minimum atomic E-state index is -4.14. The lowest BCUT2D eigenvalue weighted by Crippen LogP contribution is -2.57. The van der Waals surface area contributed by atoms with Crippen LogP contribution in [0, 0.1) is 76.3 Å². The molecule has 9 aliphatic rings. The van der Waals surface area contributed by atoms with Crippen LogP contribution in [-0.4, -0.2) is 81.7 Å². The molecule has 15 rings (SSSR count). The Morgan fingerprint density at radius 2 is 0.728 bits per heavy atom. The number of ether oxygens (including phenoxy) is 6. The number of benzene rings is 6. The molecule has 6 aromatic rings. The first-order chi connectivity index (χ1) is 43.7. The smallest absolute Gasteiger partial charge is 0.188 e. The Bertz CT molecular complexity index is 4040. The molecule has 3 saturated carbocycles. The van der Waals surface area contributed by atoms with E-state index < -0.39 is 96.4 Å². The Labute approximate surface area is 546 Å². The van der Waals surface area contributed by atoms with Crippen molar-refractivity contribution >= 4 is 64.3 Å². The van der Waals surface area contributed by atoms with Gasteiger partial charge in [-0.05, 0) is 205 Å². The van der Waals surface area contributed by atoms with Crippen molar-refractivity contribution in [2.45, 2.75) is 151 Å². The van der Waals surface area contributed by atoms with Crippen molar-refractivity contribution in [3.63, 3.8) is 0 Å². The maximum Gasteiger partial charge on any atom is 0.188 e. The molecule has 0 aromatic heterocycles. The van der Waals surface area contributed by atoms with Crippen molar-refractivity contribution in [2.75, 3.05) is 19.8 Å². The van der Waals surface area contributed by atoms with Crippen molar-refractivity contribution in [3.8, 4) is 17.2 Å². The number of sulfone groups is 3.